The lowest BCUT2D eigenvalue weighted by Crippen LogP contribution is -2.26. The Kier molecular flexibility index (Phi) is 10.3. The van der Waals surface area contributed by atoms with Crippen molar-refractivity contribution in [3.8, 4) is 11.5 Å². The number of halogens is 4. The van der Waals surface area contributed by atoms with Crippen LogP contribution in [0.4, 0.5) is 11.4 Å². The first-order valence-electron chi connectivity index (χ1n) is 10.4. The molecule has 4 N–H and O–H groups in total. The van der Waals surface area contributed by atoms with Gasteiger partial charge in [-0.15, -0.1) is 0 Å². The Bertz CT molecular complexity index is 985. The Hall–Kier alpha value is -2.06. The maximum absolute atomic E-state index is 10.1. The fourth-order valence-electron chi connectivity index (χ4n) is 2.82. The molecule has 182 valence electrons. The topological polar surface area (TPSA) is 83.0 Å². The molecule has 3 aromatic carbocycles. The van der Waals surface area contributed by atoms with Gasteiger partial charge in [-0.05, 0) is 60.7 Å². The van der Waals surface area contributed by atoms with Crippen LogP contribution in [0.1, 0.15) is 0 Å². The Morgan fingerprint density at radius 2 is 0.971 bits per heavy atom. The largest absolute Gasteiger partial charge is 0.491 e. The molecule has 10 heteroatoms. The summed E-state index contributed by atoms with van der Waals surface area (Å²) in [6, 6.07) is 17.2. The highest BCUT2D eigenvalue weighted by molar-refractivity contribution is 6.42. The molecule has 0 aliphatic heterocycles. The van der Waals surface area contributed by atoms with Gasteiger partial charge in [-0.2, -0.15) is 0 Å². The number of hydrogen-bond donors (Lipinski definition) is 4. The summed E-state index contributed by atoms with van der Waals surface area (Å²) in [5.41, 5.74) is 1.51. The van der Waals surface area contributed by atoms with Gasteiger partial charge in [0.15, 0.2) is 0 Å². The average Bonchev–Trinajstić information content (AvgIpc) is 2.83. The second-order valence-corrected chi connectivity index (χ2v) is 9.05. The molecule has 34 heavy (non-hydrogen) atoms. The second-order valence-electron chi connectivity index (χ2n) is 7.42. The van der Waals surface area contributed by atoms with E-state index in [9.17, 15) is 10.2 Å². The molecule has 0 aliphatic rings. The first-order valence-corrected chi connectivity index (χ1v) is 11.9. The summed E-state index contributed by atoms with van der Waals surface area (Å²) in [6.45, 7) is 0.780. The highest BCUT2D eigenvalue weighted by atomic mass is 35.5. The molecule has 0 aromatic heterocycles. The third-order valence-electron chi connectivity index (χ3n) is 4.63. The third kappa shape index (κ3) is 8.62. The summed E-state index contributed by atoms with van der Waals surface area (Å²) in [5, 5.41) is 28.3. The van der Waals surface area contributed by atoms with Crippen LogP contribution < -0.4 is 20.1 Å². The van der Waals surface area contributed by atoms with E-state index in [-0.39, 0.29) is 26.3 Å². The summed E-state index contributed by atoms with van der Waals surface area (Å²) in [7, 11) is 0. The van der Waals surface area contributed by atoms with Crippen LogP contribution in [-0.4, -0.2) is 48.7 Å². The van der Waals surface area contributed by atoms with Crippen molar-refractivity contribution in [2.24, 2.45) is 0 Å². The maximum atomic E-state index is 10.1. The van der Waals surface area contributed by atoms with Gasteiger partial charge in [0.25, 0.3) is 0 Å². The zero-order valence-corrected chi connectivity index (χ0v) is 21.0. The number of rotatable bonds is 12. The Morgan fingerprint density at radius 1 is 0.588 bits per heavy atom. The molecule has 0 aliphatic carbocycles. The van der Waals surface area contributed by atoms with Crippen LogP contribution in [0.25, 0.3) is 0 Å². The summed E-state index contributed by atoms with van der Waals surface area (Å²) < 4.78 is 11.2. The standard InChI is InChI=1S/C24H24Cl4N2O4/c25-21-7-1-15(9-23(21)27)29-11-17(31)13-33-19-3-5-20(6-4-19)34-14-18(32)12-30-16-2-8-22(26)24(28)10-16/h1-10,17-18,29-32H,11-14H2/t17-,18-/m1/s1. The summed E-state index contributed by atoms with van der Waals surface area (Å²) in [6.07, 6.45) is -1.47. The predicted molar refractivity (Wildman–Crippen MR) is 139 cm³/mol. The molecule has 0 heterocycles. The van der Waals surface area contributed by atoms with E-state index in [0.29, 0.717) is 31.6 Å². The molecule has 0 saturated heterocycles. The molecular formula is C24H24Cl4N2O4. The fourth-order valence-corrected chi connectivity index (χ4v) is 3.41. The van der Waals surface area contributed by atoms with Crippen LogP contribution in [0.3, 0.4) is 0 Å². The summed E-state index contributed by atoms with van der Waals surface area (Å²) in [5.74, 6) is 1.17. The van der Waals surface area contributed by atoms with E-state index in [2.05, 4.69) is 10.6 Å². The molecule has 2 atom stereocenters. The minimum Gasteiger partial charge on any atom is -0.491 e. The van der Waals surface area contributed by atoms with Gasteiger partial charge in [-0.3, -0.25) is 0 Å². The maximum Gasteiger partial charge on any atom is 0.119 e. The van der Waals surface area contributed by atoms with Gasteiger partial charge in [0.2, 0.25) is 0 Å². The van der Waals surface area contributed by atoms with Gasteiger partial charge >= 0.3 is 0 Å². The number of ether oxygens (including phenoxy) is 2. The van der Waals surface area contributed by atoms with Crippen molar-refractivity contribution in [1.82, 2.24) is 0 Å². The molecule has 0 amide bonds. The smallest absolute Gasteiger partial charge is 0.119 e. The van der Waals surface area contributed by atoms with Crippen molar-refractivity contribution < 1.29 is 19.7 Å². The fraction of sp³-hybridized carbons (Fsp3) is 0.250. The highest BCUT2D eigenvalue weighted by Crippen LogP contribution is 2.26. The minimum atomic E-state index is -0.733. The predicted octanol–water partition coefficient (Wildman–Crippen LogP) is 6.00. The van der Waals surface area contributed by atoms with Gasteiger partial charge in [-0.25, -0.2) is 0 Å². The molecule has 0 bridgehead atoms. The van der Waals surface area contributed by atoms with Crippen molar-refractivity contribution >= 4 is 57.8 Å². The van der Waals surface area contributed by atoms with Crippen LogP contribution in [0.15, 0.2) is 60.7 Å². The molecule has 3 aromatic rings. The number of anilines is 2. The Balaban J connectivity index is 1.35. The van der Waals surface area contributed by atoms with Crippen LogP contribution in [0.5, 0.6) is 11.5 Å². The van der Waals surface area contributed by atoms with Gasteiger partial charge in [-0.1, -0.05) is 46.4 Å². The van der Waals surface area contributed by atoms with Crippen molar-refractivity contribution in [1.29, 1.82) is 0 Å². The first-order chi connectivity index (χ1) is 16.3. The quantitative estimate of drug-likeness (QED) is 0.223. The van der Waals surface area contributed by atoms with Crippen LogP contribution in [0.2, 0.25) is 20.1 Å². The van der Waals surface area contributed by atoms with Gasteiger partial charge in [0.1, 0.15) is 36.9 Å². The Morgan fingerprint density at radius 3 is 1.32 bits per heavy atom. The average molecular weight is 546 g/mol. The van der Waals surface area contributed by atoms with Gasteiger partial charge in [0.05, 0.1) is 20.1 Å². The highest BCUT2D eigenvalue weighted by Gasteiger charge is 2.09. The van der Waals surface area contributed by atoms with E-state index in [1.807, 2.05) is 0 Å². The second kappa shape index (κ2) is 13.1. The summed E-state index contributed by atoms with van der Waals surface area (Å²) in [4.78, 5) is 0. The monoisotopic (exact) mass is 544 g/mol. The first kappa shape index (κ1) is 26.5. The SMILES string of the molecule is O[C@H](CNc1ccc(Cl)c(Cl)c1)COc1ccc(OC[C@H](O)CNc2ccc(Cl)c(Cl)c2)cc1. The molecular weight excluding hydrogens is 522 g/mol. The zero-order chi connectivity index (χ0) is 24.5. The van der Waals surface area contributed by atoms with E-state index in [1.165, 1.54) is 0 Å². The summed E-state index contributed by atoms with van der Waals surface area (Å²) >= 11 is 23.7. The molecule has 0 spiro atoms. The minimum absolute atomic E-state index is 0.105. The van der Waals surface area contributed by atoms with E-state index in [1.54, 1.807) is 60.7 Å². The van der Waals surface area contributed by atoms with Crippen molar-refractivity contribution in [3.05, 3.63) is 80.8 Å². The van der Waals surface area contributed by atoms with E-state index in [0.717, 1.165) is 11.4 Å². The Labute approximate surface area is 218 Å². The van der Waals surface area contributed by atoms with Crippen LogP contribution in [0, 0.1) is 0 Å². The molecule has 0 radical (unpaired) electrons. The van der Waals surface area contributed by atoms with E-state index >= 15 is 0 Å². The molecule has 6 nitrogen and oxygen atoms in total. The van der Waals surface area contributed by atoms with Crippen LogP contribution in [-0.2, 0) is 0 Å². The lowest BCUT2D eigenvalue weighted by atomic mass is 10.3. The molecule has 3 rings (SSSR count). The van der Waals surface area contributed by atoms with E-state index < -0.39 is 12.2 Å². The molecule has 0 saturated carbocycles. The van der Waals surface area contributed by atoms with Crippen LogP contribution >= 0.6 is 46.4 Å². The van der Waals surface area contributed by atoms with Crippen molar-refractivity contribution in [2.45, 2.75) is 12.2 Å². The van der Waals surface area contributed by atoms with Crippen molar-refractivity contribution in [2.75, 3.05) is 36.9 Å². The number of hydrogen-bond acceptors (Lipinski definition) is 6. The lowest BCUT2D eigenvalue weighted by molar-refractivity contribution is 0.115. The normalized spacial score (nSPS) is 12.6. The zero-order valence-electron chi connectivity index (χ0n) is 18.0. The number of benzene rings is 3. The number of aliphatic hydroxyl groups excluding tert-OH is 2. The van der Waals surface area contributed by atoms with Gasteiger partial charge < -0.3 is 30.3 Å². The number of nitrogens with one attached hydrogen (secondary N) is 2. The van der Waals surface area contributed by atoms with Crippen molar-refractivity contribution in [3.63, 3.8) is 0 Å². The number of aliphatic hydroxyl groups is 2. The lowest BCUT2D eigenvalue weighted by Gasteiger charge is -2.16. The van der Waals surface area contributed by atoms with E-state index in [4.69, 9.17) is 55.9 Å². The van der Waals surface area contributed by atoms with Gasteiger partial charge in [0, 0.05) is 24.5 Å². The third-order valence-corrected chi connectivity index (χ3v) is 6.11. The molecule has 0 unspecified atom stereocenters. The molecule has 0 fully saturated rings.